The van der Waals surface area contributed by atoms with E-state index in [4.69, 9.17) is 11.6 Å². The van der Waals surface area contributed by atoms with Crippen LogP contribution in [0.25, 0.3) is 10.8 Å². The predicted octanol–water partition coefficient (Wildman–Crippen LogP) is 3.81. The second-order valence-corrected chi connectivity index (χ2v) is 7.65. The minimum Gasteiger partial charge on any atom is -0.380 e. The summed E-state index contributed by atoms with van der Waals surface area (Å²) in [6.07, 6.45) is 1.69. The molecule has 0 unspecified atom stereocenters. The van der Waals surface area contributed by atoms with Crippen LogP contribution in [0.5, 0.6) is 0 Å². The Bertz CT molecular complexity index is 938. The molecule has 0 saturated carbocycles. The average molecular weight is 355 g/mol. The molecule has 3 aromatic rings. The van der Waals surface area contributed by atoms with Gasteiger partial charge in [-0.2, -0.15) is 8.42 Å². The largest absolute Gasteiger partial charge is 0.380 e. The quantitative estimate of drug-likeness (QED) is 0.696. The Morgan fingerprint density at radius 3 is 2.59 bits per heavy atom. The number of nitrogens with one attached hydrogen (secondary N) is 1. The van der Waals surface area contributed by atoms with Crippen LogP contribution in [0.4, 0.5) is 5.69 Å². The lowest BCUT2D eigenvalue weighted by Gasteiger charge is -2.10. The van der Waals surface area contributed by atoms with Gasteiger partial charge in [0.25, 0.3) is 10.1 Å². The first-order valence-corrected chi connectivity index (χ1v) is 8.92. The molecule has 0 amide bonds. The Hall–Kier alpha value is -1.67. The molecule has 8 heteroatoms. The Balaban J connectivity index is 2.00. The van der Waals surface area contributed by atoms with E-state index in [9.17, 15) is 13.0 Å². The minimum atomic E-state index is -4.26. The molecule has 5 nitrogen and oxygen atoms in total. The van der Waals surface area contributed by atoms with Crippen LogP contribution >= 0.6 is 22.9 Å². The molecule has 0 fully saturated rings. The van der Waals surface area contributed by atoms with E-state index in [0.717, 1.165) is 10.6 Å². The fourth-order valence-electron chi connectivity index (χ4n) is 2.21. The van der Waals surface area contributed by atoms with Crippen molar-refractivity contribution in [3.63, 3.8) is 0 Å². The van der Waals surface area contributed by atoms with Gasteiger partial charge in [-0.15, -0.1) is 11.3 Å². The summed E-state index contributed by atoms with van der Waals surface area (Å²) in [5, 5.41) is 4.42. The fourth-order valence-corrected chi connectivity index (χ4v) is 3.83. The highest BCUT2D eigenvalue weighted by molar-refractivity contribution is 7.86. The highest BCUT2D eigenvalue weighted by atomic mass is 35.5. The number of halogens is 1. The number of thiazole rings is 1. The van der Waals surface area contributed by atoms with E-state index >= 15 is 0 Å². The lowest BCUT2D eigenvalue weighted by Crippen LogP contribution is -2.01. The maximum absolute atomic E-state index is 11.5. The van der Waals surface area contributed by atoms with Crippen molar-refractivity contribution in [2.45, 2.75) is 11.4 Å². The minimum absolute atomic E-state index is 0.102. The molecule has 0 aliphatic carbocycles. The predicted molar refractivity (Wildman–Crippen MR) is 88.2 cm³/mol. The lowest BCUT2D eigenvalue weighted by atomic mass is 10.1. The molecule has 114 valence electrons. The van der Waals surface area contributed by atoms with Gasteiger partial charge in [0.05, 0.1) is 6.54 Å². The molecule has 2 aromatic carbocycles. The third-order valence-electron chi connectivity index (χ3n) is 3.14. The van der Waals surface area contributed by atoms with Crippen LogP contribution in [0.3, 0.4) is 0 Å². The Morgan fingerprint density at radius 2 is 1.91 bits per heavy atom. The first-order chi connectivity index (χ1) is 10.4. The molecule has 22 heavy (non-hydrogen) atoms. The van der Waals surface area contributed by atoms with Gasteiger partial charge in [0.1, 0.15) is 4.90 Å². The summed E-state index contributed by atoms with van der Waals surface area (Å²) in [4.78, 5) is 4.83. The summed E-state index contributed by atoms with van der Waals surface area (Å²) in [6.45, 7) is 0.527. The highest BCUT2D eigenvalue weighted by Gasteiger charge is 2.14. The van der Waals surface area contributed by atoms with Crippen LogP contribution in [-0.4, -0.2) is 18.0 Å². The lowest BCUT2D eigenvalue weighted by molar-refractivity contribution is 0.484. The van der Waals surface area contributed by atoms with Crippen molar-refractivity contribution in [2.24, 2.45) is 0 Å². The van der Waals surface area contributed by atoms with Gasteiger partial charge in [-0.1, -0.05) is 35.9 Å². The zero-order valence-electron chi connectivity index (χ0n) is 11.2. The van der Waals surface area contributed by atoms with Crippen molar-refractivity contribution in [3.8, 4) is 0 Å². The SMILES string of the molecule is O=S(=O)(O)c1cccc2c(NCc3cnc(Cl)s3)cccc12. The number of nitrogens with zero attached hydrogens (tertiary/aromatic N) is 1. The van der Waals surface area contributed by atoms with Gasteiger partial charge in [0.15, 0.2) is 4.47 Å². The Morgan fingerprint density at radius 1 is 1.18 bits per heavy atom. The number of rotatable bonds is 4. The first-order valence-electron chi connectivity index (χ1n) is 6.28. The molecule has 2 N–H and O–H groups in total. The van der Waals surface area contributed by atoms with Crippen LogP contribution in [-0.2, 0) is 16.7 Å². The molecule has 0 spiro atoms. The molecule has 0 radical (unpaired) electrons. The standard InChI is InChI=1S/C14H11ClN2O3S2/c15-14-17-8-9(21-14)7-16-12-5-1-4-11-10(12)3-2-6-13(11)22(18,19)20/h1-6,8,16H,7H2,(H,18,19,20). The maximum atomic E-state index is 11.5. The van der Waals surface area contributed by atoms with Crippen LogP contribution in [0.2, 0.25) is 4.47 Å². The third kappa shape index (κ3) is 3.07. The summed E-state index contributed by atoms with van der Waals surface area (Å²) in [6, 6.07) is 10.0. The van der Waals surface area contributed by atoms with Gasteiger partial charge in [0.2, 0.25) is 0 Å². The summed E-state index contributed by atoms with van der Waals surface area (Å²) in [5.74, 6) is 0. The molecule has 1 aromatic heterocycles. The number of aromatic nitrogens is 1. The van der Waals surface area contributed by atoms with Gasteiger partial charge in [-0.3, -0.25) is 4.55 Å². The van der Waals surface area contributed by atoms with E-state index in [2.05, 4.69) is 10.3 Å². The second kappa shape index (κ2) is 5.85. The van der Waals surface area contributed by atoms with Gasteiger partial charge in [-0.05, 0) is 12.1 Å². The van der Waals surface area contributed by atoms with Crippen molar-refractivity contribution in [2.75, 3.05) is 5.32 Å². The Kier molecular flexibility index (Phi) is 4.05. The van der Waals surface area contributed by atoms with E-state index in [1.54, 1.807) is 30.5 Å². The van der Waals surface area contributed by atoms with E-state index in [-0.39, 0.29) is 4.90 Å². The zero-order valence-corrected chi connectivity index (χ0v) is 13.5. The third-order valence-corrected chi connectivity index (χ3v) is 5.17. The maximum Gasteiger partial charge on any atom is 0.295 e. The van der Waals surface area contributed by atoms with Gasteiger partial charge in [0, 0.05) is 27.5 Å². The summed E-state index contributed by atoms with van der Waals surface area (Å²) in [5.41, 5.74) is 0.771. The number of fused-ring (bicyclic) bond motifs is 1. The molecular weight excluding hydrogens is 344 g/mol. The highest BCUT2D eigenvalue weighted by Crippen LogP contribution is 2.29. The smallest absolute Gasteiger partial charge is 0.295 e. The molecule has 0 aliphatic heterocycles. The van der Waals surface area contributed by atoms with E-state index in [1.165, 1.54) is 17.4 Å². The first kappa shape index (κ1) is 15.2. The van der Waals surface area contributed by atoms with Crippen molar-refractivity contribution in [1.29, 1.82) is 0 Å². The van der Waals surface area contributed by atoms with Crippen LogP contribution in [0.1, 0.15) is 4.88 Å². The normalized spacial score (nSPS) is 11.7. The number of hydrogen-bond donors (Lipinski definition) is 2. The van der Waals surface area contributed by atoms with Crippen molar-refractivity contribution < 1.29 is 13.0 Å². The van der Waals surface area contributed by atoms with Gasteiger partial charge < -0.3 is 5.32 Å². The van der Waals surface area contributed by atoms with Crippen LogP contribution in [0.15, 0.2) is 47.5 Å². The van der Waals surface area contributed by atoms with E-state index in [0.29, 0.717) is 21.8 Å². The van der Waals surface area contributed by atoms with E-state index < -0.39 is 10.1 Å². The zero-order chi connectivity index (χ0) is 15.7. The summed E-state index contributed by atoms with van der Waals surface area (Å²) in [7, 11) is -4.26. The average Bonchev–Trinajstić information content (AvgIpc) is 2.89. The van der Waals surface area contributed by atoms with Crippen molar-refractivity contribution >= 4 is 49.5 Å². The fraction of sp³-hybridized carbons (Fsp3) is 0.0714. The van der Waals surface area contributed by atoms with Gasteiger partial charge >= 0.3 is 0 Å². The molecule has 3 rings (SSSR count). The number of benzene rings is 2. The van der Waals surface area contributed by atoms with E-state index in [1.807, 2.05) is 6.07 Å². The molecule has 0 aliphatic rings. The second-order valence-electron chi connectivity index (χ2n) is 4.56. The number of anilines is 1. The van der Waals surface area contributed by atoms with Crippen molar-refractivity contribution in [1.82, 2.24) is 4.98 Å². The molecule has 0 atom stereocenters. The van der Waals surface area contributed by atoms with Crippen LogP contribution < -0.4 is 5.32 Å². The topological polar surface area (TPSA) is 79.3 Å². The molecule has 0 bridgehead atoms. The Labute approximate surface area is 136 Å². The molecule has 0 saturated heterocycles. The molecular formula is C14H11ClN2O3S2. The van der Waals surface area contributed by atoms with Crippen molar-refractivity contribution in [3.05, 3.63) is 51.9 Å². The molecule has 1 heterocycles. The summed E-state index contributed by atoms with van der Waals surface area (Å²) < 4.78 is 32.7. The number of hydrogen-bond acceptors (Lipinski definition) is 5. The van der Waals surface area contributed by atoms with Gasteiger partial charge in [-0.25, -0.2) is 4.98 Å². The summed E-state index contributed by atoms with van der Waals surface area (Å²) >= 11 is 7.17. The van der Waals surface area contributed by atoms with Crippen LogP contribution in [0, 0.1) is 0 Å². The monoisotopic (exact) mass is 354 g/mol.